The fourth-order valence-electron chi connectivity index (χ4n) is 0.610. The van der Waals surface area contributed by atoms with E-state index in [1.165, 1.54) is 6.33 Å². The first-order valence-electron chi connectivity index (χ1n) is 3.06. The quantitative estimate of drug-likeness (QED) is 0.607. The molecule has 0 fully saturated rings. The van der Waals surface area contributed by atoms with Crippen molar-refractivity contribution >= 4 is 6.03 Å². The van der Waals surface area contributed by atoms with Gasteiger partial charge in [0.2, 0.25) is 0 Å². The van der Waals surface area contributed by atoms with Crippen molar-refractivity contribution in [1.29, 1.82) is 0 Å². The van der Waals surface area contributed by atoms with Gasteiger partial charge in [-0.2, -0.15) is 0 Å². The molecular formula is C6H8N4O. The summed E-state index contributed by atoms with van der Waals surface area (Å²) in [6.45, 7) is 0.371. The summed E-state index contributed by atoms with van der Waals surface area (Å²) in [5.41, 5.74) is 5.67. The maximum atomic E-state index is 10.2. The van der Waals surface area contributed by atoms with E-state index in [4.69, 9.17) is 5.73 Å². The number of rotatable bonds is 2. The SMILES string of the molecule is NC(=O)NCc1cncnc1. The van der Waals surface area contributed by atoms with Gasteiger partial charge >= 0.3 is 6.03 Å². The topological polar surface area (TPSA) is 80.9 Å². The molecule has 2 amide bonds. The Labute approximate surface area is 63.7 Å². The monoisotopic (exact) mass is 152 g/mol. The van der Waals surface area contributed by atoms with Gasteiger partial charge in [0.15, 0.2) is 0 Å². The van der Waals surface area contributed by atoms with Crippen LogP contribution >= 0.6 is 0 Å². The molecule has 3 N–H and O–H groups in total. The fourth-order valence-corrected chi connectivity index (χ4v) is 0.610. The fraction of sp³-hybridized carbons (Fsp3) is 0.167. The molecule has 0 aliphatic carbocycles. The molecule has 0 bridgehead atoms. The summed E-state index contributed by atoms with van der Waals surface area (Å²) < 4.78 is 0. The van der Waals surface area contributed by atoms with Gasteiger partial charge in [0, 0.05) is 24.5 Å². The van der Waals surface area contributed by atoms with Crippen LogP contribution in [0.3, 0.4) is 0 Å². The Morgan fingerprint density at radius 3 is 2.73 bits per heavy atom. The number of nitrogens with one attached hydrogen (secondary N) is 1. The van der Waals surface area contributed by atoms with E-state index >= 15 is 0 Å². The molecule has 0 saturated heterocycles. The molecule has 0 radical (unpaired) electrons. The molecule has 1 aromatic heterocycles. The second-order valence-corrected chi connectivity index (χ2v) is 1.96. The maximum absolute atomic E-state index is 10.2. The number of nitrogens with two attached hydrogens (primary N) is 1. The summed E-state index contributed by atoms with van der Waals surface area (Å²) in [5.74, 6) is 0. The summed E-state index contributed by atoms with van der Waals surface area (Å²) in [6, 6.07) is -0.547. The van der Waals surface area contributed by atoms with Crippen molar-refractivity contribution in [3.05, 3.63) is 24.3 Å². The number of nitrogens with zero attached hydrogens (tertiary/aromatic N) is 2. The number of aromatic nitrogens is 2. The van der Waals surface area contributed by atoms with Crippen LogP contribution in [-0.4, -0.2) is 16.0 Å². The Kier molecular flexibility index (Phi) is 2.37. The minimum Gasteiger partial charge on any atom is -0.352 e. The van der Waals surface area contributed by atoms with Crippen molar-refractivity contribution in [1.82, 2.24) is 15.3 Å². The van der Waals surface area contributed by atoms with E-state index in [1.807, 2.05) is 0 Å². The average molecular weight is 152 g/mol. The largest absolute Gasteiger partial charge is 0.352 e. The van der Waals surface area contributed by atoms with Crippen LogP contribution in [0.5, 0.6) is 0 Å². The second-order valence-electron chi connectivity index (χ2n) is 1.96. The molecule has 5 nitrogen and oxygen atoms in total. The minimum absolute atomic E-state index is 0.371. The lowest BCUT2D eigenvalue weighted by Crippen LogP contribution is -2.28. The highest BCUT2D eigenvalue weighted by Gasteiger charge is 1.93. The van der Waals surface area contributed by atoms with Gasteiger partial charge in [-0.15, -0.1) is 0 Å². The Hall–Kier alpha value is -1.65. The predicted octanol–water partition coefficient (Wildman–Crippen LogP) is -0.355. The highest BCUT2D eigenvalue weighted by atomic mass is 16.2. The molecule has 11 heavy (non-hydrogen) atoms. The predicted molar refractivity (Wildman–Crippen MR) is 38.5 cm³/mol. The number of primary amides is 1. The van der Waals surface area contributed by atoms with Gasteiger partial charge in [-0.25, -0.2) is 14.8 Å². The molecule has 1 rings (SSSR count). The van der Waals surface area contributed by atoms with Gasteiger partial charge < -0.3 is 11.1 Å². The molecular weight excluding hydrogens is 144 g/mol. The van der Waals surface area contributed by atoms with Gasteiger partial charge in [-0.05, 0) is 0 Å². The van der Waals surface area contributed by atoms with E-state index in [-0.39, 0.29) is 0 Å². The first-order chi connectivity index (χ1) is 5.29. The van der Waals surface area contributed by atoms with Crippen LogP contribution in [0.4, 0.5) is 4.79 Å². The number of urea groups is 1. The molecule has 0 aliphatic rings. The van der Waals surface area contributed by atoms with Crippen molar-refractivity contribution in [2.75, 3.05) is 0 Å². The molecule has 0 atom stereocenters. The standard InChI is InChI=1S/C6H8N4O/c7-6(11)10-3-5-1-8-4-9-2-5/h1-2,4H,3H2,(H3,7,10,11). The Bertz CT molecular complexity index is 236. The summed E-state index contributed by atoms with van der Waals surface area (Å²) in [7, 11) is 0. The number of hydrogen-bond donors (Lipinski definition) is 2. The lowest BCUT2D eigenvalue weighted by Gasteiger charge is -1.98. The highest BCUT2D eigenvalue weighted by Crippen LogP contribution is 1.89. The molecule has 0 aliphatic heterocycles. The smallest absolute Gasteiger partial charge is 0.312 e. The second kappa shape index (κ2) is 3.50. The zero-order valence-corrected chi connectivity index (χ0v) is 5.82. The van der Waals surface area contributed by atoms with Gasteiger partial charge in [0.05, 0.1) is 0 Å². The molecule has 58 valence electrons. The zero-order chi connectivity index (χ0) is 8.10. The third kappa shape index (κ3) is 2.61. The van der Waals surface area contributed by atoms with Crippen molar-refractivity contribution < 1.29 is 4.79 Å². The Balaban J connectivity index is 2.45. The van der Waals surface area contributed by atoms with Gasteiger partial charge in [-0.3, -0.25) is 0 Å². The van der Waals surface area contributed by atoms with Gasteiger partial charge in [0.1, 0.15) is 6.33 Å². The normalized spacial score (nSPS) is 9.09. The van der Waals surface area contributed by atoms with Crippen LogP contribution in [0.15, 0.2) is 18.7 Å². The van der Waals surface area contributed by atoms with E-state index in [9.17, 15) is 4.79 Å². The van der Waals surface area contributed by atoms with E-state index in [2.05, 4.69) is 15.3 Å². The number of carbonyl (C=O) groups is 1. The number of carbonyl (C=O) groups excluding carboxylic acids is 1. The van der Waals surface area contributed by atoms with Crippen molar-refractivity contribution in [2.24, 2.45) is 5.73 Å². The first-order valence-corrected chi connectivity index (χ1v) is 3.06. The maximum Gasteiger partial charge on any atom is 0.312 e. The van der Waals surface area contributed by atoms with Gasteiger partial charge in [-0.1, -0.05) is 0 Å². The molecule has 0 saturated carbocycles. The molecule has 0 aromatic carbocycles. The first kappa shape index (κ1) is 7.46. The van der Waals surface area contributed by atoms with E-state index < -0.39 is 6.03 Å². The lowest BCUT2D eigenvalue weighted by atomic mass is 10.3. The Morgan fingerprint density at radius 2 is 2.18 bits per heavy atom. The molecule has 5 heteroatoms. The van der Waals surface area contributed by atoms with Crippen LogP contribution < -0.4 is 11.1 Å². The van der Waals surface area contributed by atoms with Crippen LogP contribution in [0.25, 0.3) is 0 Å². The average Bonchev–Trinajstić information content (AvgIpc) is 2.03. The van der Waals surface area contributed by atoms with Crippen LogP contribution in [0.1, 0.15) is 5.56 Å². The zero-order valence-electron chi connectivity index (χ0n) is 5.82. The van der Waals surface area contributed by atoms with E-state index in [0.29, 0.717) is 6.54 Å². The minimum atomic E-state index is -0.547. The van der Waals surface area contributed by atoms with Crippen LogP contribution in [0, 0.1) is 0 Å². The number of amides is 2. The van der Waals surface area contributed by atoms with E-state index in [1.54, 1.807) is 12.4 Å². The molecule has 0 spiro atoms. The highest BCUT2D eigenvalue weighted by molar-refractivity contribution is 5.71. The van der Waals surface area contributed by atoms with Crippen molar-refractivity contribution in [2.45, 2.75) is 6.54 Å². The van der Waals surface area contributed by atoms with Crippen LogP contribution in [0.2, 0.25) is 0 Å². The Morgan fingerprint density at radius 1 is 1.55 bits per heavy atom. The third-order valence-electron chi connectivity index (χ3n) is 1.08. The van der Waals surface area contributed by atoms with Crippen molar-refractivity contribution in [3.8, 4) is 0 Å². The molecule has 1 heterocycles. The summed E-state index contributed by atoms with van der Waals surface area (Å²) in [5, 5.41) is 2.42. The third-order valence-corrected chi connectivity index (χ3v) is 1.08. The summed E-state index contributed by atoms with van der Waals surface area (Å²) >= 11 is 0. The number of hydrogen-bond acceptors (Lipinski definition) is 3. The van der Waals surface area contributed by atoms with E-state index in [0.717, 1.165) is 5.56 Å². The van der Waals surface area contributed by atoms with Crippen LogP contribution in [-0.2, 0) is 6.54 Å². The summed E-state index contributed by atoms with van der Waals surface area (Å²) in [6.07, 6.45) is 4.65. The molecule has 1 aromatic rings. The van der Waals surface area contributed by atoms with Gasteiger partial charge in [0.25, 0.3) is 0 Å². The summed E-state index contributed by atoms with van der Waals surface area (Å²) in [4.78, 5) is 17.8. The lowest BCUT2D eigenvalue weighted by molar-refractivity contribution is 0.248. The molecule has 0 unspecified atom stereocenters. The van der Waals surface area contributed by atoms with Crippen molar-refractivity contribution in [3.63, 3.8) is 0 Å².